The fourth-order valence-electron chi connectivity index (χ4n) is 1.72. The fourth-order valence-corrected chi connectivity index (χ4v) is 1.72. The van der Waals surface area contributed by atoms with Gasteiger partial charge >= 0.3 is 0 Å². The van der Waals surface area contributed by atoms with Gasteiger partial charge in [-0.1, -0.05) is 0 Å². The van der Waals surface area contributed by atoms with Crippen LogP contribution in [0.2, 0.25) is 0 Å². The molecule has 2 rings (SSSR count). The zero-order valence-electron chi connectivity index (χ0n) is 10.2. The summed E-state index contributed by atoms with van der Waals surface area (Å²) in [7, 11) is 3.41. The average Bonchev–Trinajstić information content (AvgIpc) is 2.69. The lowest BCUT2D eigenvalue weighted by atomic mass is 10.2. The summed E-state index contributed by atoms with van der Waals surface area (Å²) in [4.78, 5) is 16.4. The fraction of sp³-hybridized carbons (Fsp3) is 0.167. The van der Waals surface area contributed by atoms with Crippen molar-refractivity contribution in [2.75, 3.05) is 19.4 Å². The topological polar surface area (TPSA) is 98.0 Å². The van der Waals surface area contributed by atoms with E-state index >= 15 is 0 Å². The first kappa shape index (κ1) is 12.0. The number of amides is 1. The minimum absolute atomic E-state index is 0.0766. The Hall–Kier alpha value is -2.50. The van der Waals surface area contributed by atoms with Gasteiger partial charge in [0.25, 0.3) is 5.91 Å². The number of nitrogens with zero attached hydrogens (tertiary/aromatic N) is 1. The van der Waals surface area contributed by atoms with Crippen LogP contribution in [0.25, 0.3) is 10.9 Å². The van der Waals surface area contributed by atoms with Crippen LogP contribution in [0, 0.1) is 5.41 Å². The predicted molar refractivity (Wildman–Crippen MR) is 71.9 cm³/mol. The Morgan fingerprint density at radius 2 is 2.11 bits per heavy atom. The van der Waals surface area contributed by atoms with Gasteiger partial charge in [0.2, 0.25) is 0 Å². The van der Waals surface area contributed by atoms with Gasteiger partial charge < -0.3 is 20.9 Å². The van der Waals surface area contributed by atoms with Crippen molar-refractivity contribution in [3.63, 3.8) is 0 Å². The molecule has 6 nitrogen and oxygen atoms in total. The van der Waals surface area contributed by atoms with Crippen molar-refractivity contribution in [1.29, 1.82) is 5.41 Å². The van der Waals surface area contributed by atoms with E-state index in [-0.39, 0.29) is 11.9 Å². The molecule has 0 saturated carbocycles. The molecule has 1 aromatic heterocycles. The molecule has 0 aliphatic heterocycles. The first-order valence-corrected chi connectivity index (χ1v) is 5.43. The number of aromatic amines is 1. The van der Waals surface area contributed by atoms with Crippen LogP contribution >= 0.6 is 0 Å². The number of hydrogen-bond acceptors (Lipinski definition) is 2. The van der Waals surface area contributed by atoms with Crippen molar-refractivity contribution in [3.8, 4) is 0 Å². The number of rotatable bonds is 2. The minimum Gasteiger partial charge on any atom is -0.370 e. The number of fused-ring (bicyclic) bond motifs is 1. The molecule has 0 atom stereocenters. The Morgan fingerprint density at radius 3 is 2.72 bits per heavy atom. The molecule has 6 heteroatoms. The highest BCUT2D eigenvalue weighted by Gasteiger charge is 2.11. The van der Waals surface area contributed by atoms with Gasteiger partial charge in [0, 0.05) is 30.7 Å². The van der Waals surface area contributed by atoms with E-state index in [4.69, 9.17) is 11.1 Å². The highest BCUT2D eigenvalue weighted by molar-refractivity contribution is 5.99. The molecule has 2 aromatic rings. The molecule has 0 radical (unpaired) electrons. The smallest absolute Gasteiger partial charge is 0.269 e. The number of hydrogen-bond donors (Lipinski definition) is 4. The van der Waals surface area contributed by atoms with E-state index in [2.05, 4.69) is 10.3 Å². The summed E-state index contributed by atoms with van der Waals surface area (Å²) in [6.07, 6.45) is 0. The summed E-state index contributed by atoms with van der Waals surface area (Å²) in [6.45, 7) is 0. The maximum Gasteiger partial charge on any atom is 0.269 e. The summed E-state index contributed by atoms with van der Waals surface area (Å²) < 4.78 is 0. The standard InChI is InChI=1S/C12H15N5O/c1-17(2)11(18)10-6-7-5-8(15-12(13)14)3-4-9(7)16-10/h3-6,16H,1-2H3,(H4,13,14,15). The zero-order valence-corrected chi connectivity index (χ0v) is 10.2. The second-order valence-corrected chi connectivity index (χ2v) is 4.22. The van der Waals surface area contributed by atoms with E-state index in [0.29, 0.717) is 5.69 Å². The van der Waals surface area contributed by atoms with E-state index in [1.807, 2.05) is 12.1 Å². The summed E-state index contributed by atoms with van der Waals surface area (Å²) >= 11 is 0. The minimum atomic E-state index is -0.116. The number of guanidine groups is 1. The summed E-state index contributed by atoms with van der Waals surface area (Å²) in [6, 6.07) is 7.25. The van der Waals surface area contributed by atoms with E-state index in [1.54, 1.807) is 26.2 Å². The molecule has 1 aromatic carbocycles. The van der Waals surface area contributed by atoms with Crippen molar-refractivity contribution in [1.82, 2.24) is 9.88 Å². The normalized spacial score (nSPS) is 10.3. The summed E-state index contributed by atoms with van der Waals surface area (Å²) in [5, 5.41) is 10.8. The SMILES string of the molecule is CN(C)C(=O)c1cc2cc(NC(=N)N)ccc2[nH]1. The first-order valence-electron chi connectivity index (χ1n) is 5.43. The molecule has 94 valence electrons. The largest absolute Gasteiger partial charge is 0.370 e. The van der Waals surface area contributed by atoms with Crippen LogP contribution in [0.3, 0.4) is 0 Å². The van der Waals surface area contributed by atoms with Gasteiger partial charge in [0.15, 0.2) is 5.96 Å². The van der Waals surface area contributed by atoms with Crippen molar-refractivity contribution < 1.29 is 4.79 Å². The third-order valence-corrected chi connectivity index (χ3v) is 2.54. The molecule has 0 unspecified atom stereocenters. The molecule has 0 bridgehead atoms. The number of nitrogens with two attached hydrogens (primary N) is 1. The zero-order chi connectivity index (χ0) is 13.3. The molecular formula is C12H15N5O. The Morgan fingerprint density at radius 1 is 1.39 bits per heavy atom. The maximum absolute atomic E-state index is 11.8. The molecule has 18 heavy (non-hydrogen) atoms. The summed E-state index contributed by atoms with van der Waals surface area (Å²) in [5.41, 5.74) is 7.39. The Kier molecular flexibility index (Phi) is 2.93. The third kappa shape index (κ3) is 2.27. The number of H-pyrrole nitrogens is 1. The van der Waals surface area contributed by atoms with Gasteiger partial charge in [-0.25, -0.2) is 0 Å². The molecule has 0 fully saturated rings. The van der Waals surface area contributed by atoms with Crippen molar-refractivity contribution in [2.45, 2.75) is 0 Å². The number of carbonyl (C=O) groups excluding carboxylic acids is 1. The van der Waals surface area contributed by atoms with Crippen LogP contribution in [-0.2, 0) is 0 Å². The van der Waals surface area contributed by atoms with E-state index in [9.17, 15) is 4.79 Å². The van der Waals surface area contributed by atoms with Crippen molar-refractivity contribution in [3.05, 3.63) is 30.0 Å². The molecule has 0 saturated heterocycles. The van der Waals surface area contributed by atoms with Gasteiger partial charge in [0.1, 0.15) is 5.69 Å². The van der Waals surface area contributed by atoms with Gasteiger partial charge in [-0.05, 0) is 24.3 Å². The monoisotopic (exact) mass is 245 g/mol. The second-order valence-electron chi connectivity index (χ2n) is 4.22. The van der Waals surface area contributed by atoms with Gasteiger partial charge in [-0.15, -0.1) is 0 Å². The molecule has 1 heterocycles. The number of nitrogens with one attached hydrogen (secondary N) is 3. The molecular weight excluding hydrogens is 230 g/mol. The van der Waals surface area contributed by atoms with E-state index < -0.39 is 0 Å². The molecule has 1 amide bonds. The highest BCUT2D eigenvalue weighted by Crippen LogP contribution is 2.20. The molecule has 0 aliphatic carbocycles. The van der Waals surface area contributed by atoms with Gasteiger partial charge in [-0.2, -0.15) is 0 Å². The van der Waals surface area contributed by atoms with Crippen molar-refractivity contribution >= 4 is 28.5 Å². The quantitative estimate of drug-likeness (QED) is 0.472. The lowest BCUT2D eigenvalue weighted by molar-refractivity contribution is 0.0823. The second kappa shape index (κ2) is 4.40. The predicted octanol–water partition coefficient (Wildman–Crippen LogP) is 1.18. The Bertz CT molecular complexity index is 614. The number of anilines is 1. The van der Waals surface area contributed by atoms with Gasteiger partial charge in [0.05, 0.1) is 0 Å². The number of benzene rings is 1. The van der Waals surface area contributed by atoms with E-state index in [0.717, 1.165) is 16.6 Å². The lowest BCUT2D eigenvalue weighted by Crippen LogP contribution is -2.21. The molecule has 0 aliphatic rings. The van der Waals surface area contributed by atoms with Crippen LogP contribution < -0.4 is 11.1 Å². The van der Waals surface area contributed by atoms with E-state index in [1.165, 1.54) is 4.90 Å². The van der Waals surface area contributed by atoms with Crippen LogP contribution in [0.5, 0.6) is 0 Å². The highest BCUT2D eigenvalue weighted by atomic mass is 16.2. The van der Waals surface area contributed by atoms with Crippen LogP contribution in [0.1, 0.15) is 10.5 Å². The third-order valence-electron chi connectivity index (χ3n) is 2.54. The Balaban J connectivity index is 2.39. The van der Waals surface area contributed by atoms with Crippen LogP contribution in [0.15, 0.2) is 24.3 Å². The van der Waals surface area contributed by atoms with Crippen LogP contribution in [-0.4, -0.2) is 35.8 Å². The first-order chi connectivity index (χ1) is 8.47. The number of aromatic nitrogens is 1. The van der Waals surface area contributed by atoms with Crippen LogP contribution in [0.4, 0.5) is 5.69 Å². The average molecular weight is 245 g/mol. The summed E-state index contributed by atoms with van der Waals surface area (Å²) in [5.74, 6) is -0.193. The molecule has 0 spiro atoms. The van der Waals surface area contributed by atoms with Crippen molar-refractivity contribution in [2.24, 2.45) is 5.73 Å². The molecule has 5 N–H and O–H groups in total. The van der Waals surface area contributed by atoms with Gasteiger partial charge in [-0.3, -0.25) is 10.2 Å². The lowest BCUT2D eigenvalue weighted by Gasteiger charge is -2.07. The number of carbonyl (C=O) groups is 1. The Labute approximate surface area is 104 Å². The maximum atomic E-state index is 11.8.